The maximum atomic E-state index is 10.6. The highest BCUT2D eigenvalue weighted by Crippen LogP contribution is 2.34. The minimum atomic E-state index is -1.15. The highest BCUT2D eigenvalue weighted by atomic mass is 16.5. The molecule has 0 unspecified atom stereocenters. The zero-order valence-corrected chi connectivity index (χ0v) is 8.93. The molecule has 2 rings (SSSR count). The zero-order chi connectivity index (χ0) is 11.5. The van der Waals surface area contributed by atoms with Crippen LogP contribution in [-0.4, -0.2) is 27.8 Å². The van der Waals surface area contributed by atoms with Crippen LogP contribution in [0.4, 0.5) is 0 Å². The molecule has 0 aromatic carbocycles. The van der Waals surface area contributed by atoms with Gasteiger partial charge in [0.05, 0.1) is 0 Å². The lowest BCUT2D eigenvalue weighted by Crippen LogP contribution is -2.20. The van der Waals surface area contributed by atoms with Gasteiger partial charge in [0.1, 0.15) is 0 Å². The van der Waals surface area contributed by atoms with Crippen molar-refractivity contribution in [1.29, 1.82) is 0 Å². The molecule has 1 aromatic rings. The molecule has 1 aliphatic carbocycles. The van der Waals surface area contributed by atoms with Gasteiger partial charge in [-0.15, -0.1) is 0 Å². The Labute approximate surface area is 92.8 Å². The SMILES string of the molecule is NCC1CCC(c2nc(C(=O)O)no2)CC1. The standard InChI is InChI=1S/C10H15N3O3/c11-5-6-1-3-7(4-2-6)9-12-8(10(14)15)13-16-9/h6-7H,1-5,11H2,(H,14,15). The lowest BCUT2D eigenvalue weighted by Gasteiger charge is -2.24. The van der Waals surface area contributed by atoms with Crippen LogP contribution in [0.3, 0.4) is 0 Å². The van der Waals surface area contributed by atoms with Gasteiger partial charge < -0.3 is 15.4 Å². The Morgan fingerprint density at radius 2 is 2.12 bits per heavy atom. The number of aromatic nitrogens is 2. The molecule has 0 saturated heterocycles. The van der Waals surface area contributed by atoms with E-state index in [-0.39, 0.29) is 11.7 Å². The molecule has 1 fully saturated rings. The van der Waals surface area contributed by atoms with Crippen molar-refractivity contribution in [2.24, 2.45) is 11.7 Å². The number of aromatic carboxylic acids is 1. The van der Waals surface area contributed by atoms with E-state index in [1.165, 1.54) is 0 Å². The molecule has 1 aromatic heterocycles. The Morgan fingerprint density at radius 3 is 2.62 bits per heavy atom. The average molecular weight is 225 g/mol. The smallest absolute Gasteiger partial charge is 0.377 e. The molecular formula is C10H15N3O3. The summed E-state index contributed by atoms with van der Waals surface area (Å²) in [5.74, 6) is -0.170. The summed E-state index contributed by atoms with van der Waals surface area (Å²) in [7, 11) is 0. The first-order valence-electron chi connectivity index (χ1n) is 5.47. The fourth-order valence-electron chi connectivity index (χ4n) is 2.13. The van der Waals surface area contributed by atoms with Gasteiger partial charge in [0, 0.05) is 5.92 Å². The van der Waals surface area contributed by atoms with E-state index < -0.39 is 5.97 Å². The number of nitrogens with two attached hydrogens (primary N) is 1. The van der Waals surface area contributed by atoms with Crippen molar-refractivity contribution in [3.63, 3.8) is 0 Å². The Morgan fingerprint density at radius 1 is 1.44 bits per heavy atom. The minimum Gasteiger partial charge on any atom is -0.475 e. The molecule has 16 heavy (non-hydrogen) atoms. The third-order valence-electron chi connectivity index (χ3n) is 3.16. The molecule has 0 atom stereocenters. The molecule has 3 N–H and O–H groups in total. The van der Waals surface area contributed by atoms with Crippen molar-refractivity contribution >= 4 is 5.97 Å². The summed E-state index contributed by atoms with van der Waals surface area (Å²) in [4.78, 5) is 14.5. The summed E-state index contributed by atoms with van der Waals surface area (Å²) in [6.07, 6.45) is 3.99. The van der Waals surface area contributed by atoms with Gasteiger partial charge in [-0.3, -0.25) is 0 Å². The second kappa shape index (κ2) is 4.61. The van der Waals surface area contributed by atoms with Crippen molar-refractivity contribution in [3.8, 4) is 0 Å². The van der Waals surface area contributed by atoms with Gasteiger partial charge in [-0.1, -0.05) is 0 Å². The third-order valence-corrected chi connectivity index (χ3v) is 3.16. The van der Waals surface area contributed by atoms with Crippen LogP contribution >= 0.6 is 0 Å². The molecule has 0 amide bonds. The van der Waals surface area contributed by atoms with Gasteiger partial charge >= 0.3 is 5.97 Å². The summed E-state index contributed by atoms with van der Waals surface area (Å²) in [6.45, 7) is 0.719. The average Bonchev–Trinajstić information content (AvgIpc) is 2.78. The number of hydrogen-bond donors (Lipinski definition) is 2. The molecule has 6 nitrogen and oxygen atoms in total. The van der Waals surface area contributed by atoms with E-state index >= 15 is 0 Å². The Kier molecular flexibility index (Phi) is 3.19. The molecular weight excluding hydrogens is 210 g/mol. The minimum absolute atomic E-state index is 0.198. The number of carbonyl (C=O) groups is 1. The van der Waals surface area contributed by atoms with Gasteiger partial charge in [0.15, 0.2) is 0 Å². The molecule has 1 aliphatic rings. The Hall–Kier alpha value is -1.43. The van der Waals surface area contributed by atoms with E-state index in [1.807, 2.05) is 0 Å². The number of carboxylic acids is 1. The van der Waals surface area contributed by atoms with E-state index in [0.29, 0.717) is 11.8 Å². The van der Waals surface area contributed by atoms with Crippen molar-refractivity contribution in [2.45, 2.75) is 31.6 Å². The number of carboxylic acid groups (broad SMARTS) is 1. The van der Waals surface area contributed by atoms with Crippen LogP contribution in [0.5, 0.6) is 0 Å². The number of nitrogens with zero attached hydrogens (tertiary/aromatic N) is 2. The van der Waals surface area contributed by atoms with Crippen LogP contribution in [0, 0.1) is 5.92 Å². The summed E-state index contributed by atoms with van der Waals surface area (Å²) < 4.78 is 4.96. The van der Waals surface area contributed by atoms with E-state index in [9.17, 15) is 4.79 Å². The quantitative estimate of drug-likeness (QED) is 0.795. The van der Waals surface area contributed by atoms with Gasteiger partial charge in [0.25, 0.3) is 5.82 Å². The van der Waals surface area contributed by atoms with Crippen LogP contribution < -0.4 is 5.73 Å². The summed E-state index contributed by atoms with van der Waals surface area (Å²) in [5.41, 5.74) is 5.60. The maximum Gasteiger partial charge on any atom is 0.377 e. The monoisotopic (exact) mass is 225 g/mol. The van der Waals surface area contributed by atoms with Crippen LogP contribution in [0.15, 0.2) is 4.52 Å². The fraction of sp³-hybridized carbons (Fsp3) is 0.700. The molecule has 0 aliphatic heterocycles. The van der Waals surface area contributed by atoms with E-state index in [4.69, 9.17) is 15.4 Å². The normalized spacial score (nSPS) is 25.6. The Bertz CT molecular complexity index is 369. The van der Waals surface area contributed by atoms with Crippen molar-refractivity contribution in [1.82, 2.24) is 10.1 Å². The number of hydrogen-bond acceptors (Lipinski definition) is 5. The highest BCUT2D eigenvalue weighted by molar-refractivity contribution is 5.82. The summed E-state index contributed by atoms with van der Waals surface area (Å²) in [5, 5.41) is 12.1. The molecule has 0 radical (unpaired) electrons. The second-order valence-electron chi connectivity index (χ2n) is 4.21. The predicted octanol–water partition coefficient (Wildman–Crippen LogP) is 1.00. The highest BCUT2D eigenvalue weighted by Gasteiger charge is 2.26. The van der Waals surface area contributed by atoms with Gasteiger partial charge in [-0.05, 0) is 43.3 Å². The topological polar surface area (TPSA) is 102 Å². The zero-order valence-electron chi connectivity index (χ0n) is 8.93. The van der Waals surface area contributed by atoms with Gasteiger partial charge in [-0.25, -0.2) is 4.79 Å². The fourth-order valence-corrected chi connectivity index (χ4v) is 2.13. The maximum absolute atomic E-state index is 10.6. The van der Waals surface area contributed by atoms with E-state index in [0.717, 1.165) is 32.2 Å². The van der Waals surface area contributed by atoms with Crippen molar-refractivity contribution in [3.05, 3.63) is 11.7 Å². The third kappa shape index (κ3) is 2.21. The van der Waals surface area contributed by atoms with Crippen LogP contribution in [-0.2, 0) is 0 Å². The van der Waals surface area contributed by atoms with E-state index in [2.05, 4.69) is 10.1 Å². The molecule has 6 heteroatoms. The van der Waals surface area contributed by atoms with Crippen molar-refractivity contribution in [2.75, 3.05) is 6.54 Å². The lowest BCUT2D eigenvalue weighted by atomic mass is 9.82. The van der Waals surface area contributed by atoms with Crippen LogP contribution in [0.25, 0.3) is 0 Å². The molecule has 0 spiro atoms. The molecule has 1 saturated carbocycles. The largest absolute Gasteiger partial charge is 0.475 e. The first kappa shape index (κ1) is 11.1. The lowest BCUT2D eigenvalue weighted by molar-refractivity contribution is 0.0680. The number of rotatable bonds is 3. The summed E-state index contributed by atoms with van der Waals surface area (Å²) >= 11 is 0. The van der Waals surface area contributed by atoms with Crippen LogP contribution in [0.2, 0.25) is 0 Å². The van der Waals surface area contributed by atoms with Gasteiger partial charge in [0.2, 0.25) is 5.89 Å². The van der Waals surface area contributed by atoms with Crippen LogP contribution in [0.1, 0.15) is 48.1 Å². The second-order valence-corrected chi connectivity index (χ2v) is 4.21. The molecule has 1 heterocycles. The Balaban J connectivity index is 2.00. The van der Waals surface area contributed by atoms with Crippen molar-refractivity contribution < 1.29 is 14.4 Å². The first-order valence-corrected chi connectivity index (χ1v) is 5.47. The molecule has 88 valence electrons. The van der Waals surface area contributed by atoms with Gasteiger partial charge in [-0.2, -0.15) is 4.98 Å². The summed E-state index contributed by atoms with van der Waals surface area (Å²) in [6, 6.07) is 0. The predicted molar refractivity (Wildman–Crippen MR) is 55.0 cm³/mol. The van der Waals surface area contributed by atoms with E-state index in [1.54, 1.807) is 0 Å². The first-order chi connectivity index (χ1) is 7.70. The molecule has 0 bridgehead atoms.